The smallest absolute Gasteiger partial charge is 0.329 e. The fourth-order valence-corrected chi connectivity index (χ4v) is 3.73. The predicted octanol–water partition coefficient (Wildman–Crippen LogP) is 3.12. The van der Waals surface area contributed by atoms with Gasteiger partial charge in [-0.3, -0.25) is 9.69 Å². The minimum absolute atomic E-state index is 0.184. The van der Waals surface area contributed by atoms with Gasteiger partial charge in [-0.05, 0) is 38.3 Å². The molecule has 0 unspecified atom stereocenters. The topological polar surface area (TPSA) is 59.0 Å². The van der Waals surface area contributed by atoms with Gasteiger partial charge < -0.3 is 4.74 Å². The molecule has 1 saturated heterocycles. The van der Waals surface area contributed by atoms with Gasteiger partial charge in [-0.1, -0.05) is 29.8 Å². The van der Waals surface area contributed by atoms with Crippen molar-refractivity contribution in [3.05, 3.63) is 41.5 Å². The molecule has 0 aliphatic carbocycles. The van der Waals surface area contributed by atoms with E-state index < -0.39 is 17.4 Å². The summed E-state index contributed by atoms with van der Waals surface area (Å²) in [5.74, 6) is 0.0940. The van der Waals surface area contributed by atoms with Gasteiger partial charge in [0.1, 0.15) is 11.9 Å². The lowest BCUT2D eigenvalue weighted by molar-refractivity contribution is -0.148. The first kappa shape index (κ1) is 16.4. The standard InChI is InChI=1S/C19H22N2O3/c1-12(2)9-10-19-11-16(17(23)24-4)21(13(3)22)18(19)20-15-8-6-5-7-14(15)19/h5-9,16H,10-11H2,1-4H3/t16-,19-/m0/s1. The van der Waals surface area contributed by atoms with Crippen LogP contribution in [0.5, 0.6) is 0 Å². The number of carbonyl (C=O) groups is 2. The number of ether oxygens (including phenoxy) is 1. The van der Waals surface area contributed by atoms with Gasteiger partial charge in [0.15, 0.2) is 0 Å². The van der Waals surface area contributed by atoms with E-state index in [4.69, 9.17) is 9.73 Å². The van der Waals surface area contributed by atoms with E-state index in [9.17, 15) is 9.59 Å². The molecule has 0 saturated carbocycles. The third-order valence-corrected chi connectivity index (χ3v) is 4.83. The van der Waals surface area contributed by atoms with Gasteiger partial charge in [-0.25, -0.2) is 9.79 Å². The van der Waals surface area contributed by atoms with Crippen molar-refractivity contribution in [1.82, 2.24) is 4.90 Å². The zero-order valence-electron chi connectivity index (χ0n) is 14.5. The molecule has 5 heteroatoms. The molecule has 1 amide bonds. The molecule has 0 aromatic heterocycles. The van der Waals surface area contributed by atoms with Gasteiger partial charge in [0.25, 0.3) is 0 Å². The number of likely N-dealkylation sites (tertiary alicyclic amines) is 1. The molecule has 2 heterocycles. The van der Waals surface area contributed by atoms with E-state index in [1.54, 1.807) is 0 Å². The van der Waals surface area contributed by atoms with E-state index in [1.807, 2.05) is 38.1 Å². The molecule has 24 heavy (non-hydrogen) atoms. The highest BCUT2D eigenvalue weighted by atomic mass is 16.5. The zero-order valence-corrected chi connectivity index (χ0v) is 14.5. The molecule has 2 aliphatic rings. The van der Waals surface area contributed by atoms with Crippen molar-refractivity contribution in [1.29, 1.82) is 0 Å². The summed E-state index contributed by atoms with van der Waals surface area (Å²) in [6, 6.07) is 7.30. The second-order valence-electron chi connectivity index (χ2n) is 6.65. The lowest BCUT2D eigenvalue weighted by Gasteiger charge is -2.25. The van der Waals surface area contributed by atoms with E-state index in [0.29, 0.717) is 18.7 Å². The van der Waals surface area contributed by atoms with Gasteiger partial charge in [-0.15, -0.1) is 0 Å². The fraction of sp³-hybridized carbons (Fsp3) is 0.421. The van der Waals surface area contributed by atoms with Crippen LogP contribution in [0.1, 0.15) is 39.2 Å². The van der Waals surface area contributed by atoms with Crippen molar-refractivity contribution in [3.63, 3.8) is 0 Å². The Morgan fingerprint density at radius 3 is 2.67 bits per heavy atom. The zero-order chi connectivity index (χ0) is 17.5. The summed E-state index contributed by atoms with van der Waals surface area (Å²) in [5, 5.41) is 0. The highest BCUT2D eigenvalue weighted by Gasteiger charge is 2.57. The molecular weight excluding hydrogens is 304 g/mol. The van der Waals surface area contributed by atoms with Crippen LogP contribution in [0.2, 0.25) is 0 Å². The Bertz CT molecular complexity index is 762. The molecule has 0 radical (unpaired) electrons. The first-order valence-corrected chi connectivity index (χ1v) is 8.10. The highest BCUT2D eigenvalue weighted by molar-refractivity contribution is 6.12. The number of aliphatic imine (C=N–C) groups is 1. The summed E-state index contributed by atoms with van der Waals surface area (Å²) in [5.41, 5.74) is 2.71. The number of fused-ring (bicyclic) bond motifs is 3. The van der Waals surface area contributed by atoms with Crippen LogP contribution in [0.25, 0.3) is 0 Å². The molecule has 126 valence electrons. The number of esters is 1. The van der Waals surface area contributed by atoms with Crippen LogP contribution in [0.4, 0.5) is 5.69 Å². The van der Waals surface area contributed by atoms with Crippen LogP contribution < -0.4 is 0 Å². The second-order valence-corrected chi connectivity index (χ2v) is 6.65. The van der Waals surface area contributed by atoms with Crippen molar-refractivity contribution in [3.8, 4) is 0 Å². The number of hydrogen-bond donors (Lipinski definition) is 0. The second kappa shape index (κ2) is 5.89. The summed E-state index contributed by atoms with van der Waals surface area (Å²) in [7, 11) is 1.35. The molecule has 3 rings (SSSR count). The number of nitrogens with zero attached hydrogens (tertiary/aromatic N) is 2. The van der Waals surface area contributed by atoms with Gasteiger partial charge in [0.2, 0.25) is 5.91 Å². The normalized spacial score (nSPS) is 24.1. The van der Waals surface area contributed by atoms with Crippen LogP contribution in [-0.2, 0) is 19.7 Å². The van der Waals surface area contributed by atoms with Gasteiger partial charge in [-0.2, -0.15) is 0 Å². The molecule has 1 aromatic carbocycles. The SMILES string of the molecule is COC(=O)[C@@H]1C[C@]2(CC=C(C)C)C(=Nc3ccccc32)N1C(C)=O. The average molecular weight is 326 g/mol. The Hall–Kier alpha value is -2.43. The van der Waals surface area contributed by atoms with E-state index in [0.717, 1.165) is 11.3 Å². The lowest BCUT2D eigenvalue weighted by Crippen LogP contribution is -2.43. The van der Waals surface area contributed by atoms with Crippen LogP contribution in [0.3, 0.4) is 0 Å². The van der Waals surface area contributed by atoms with E-state index in [2.05, 4.69) is 6.08 Å². The van der Waals surface area contributed by atoms with Crippen LogP contribution >= 0.6 is 0 Å². The minimum Gasteiger partial charge on any atom is -0.467 e. The van der Waals surface area contributed by atoms with Crippen LogP contribution in [0, 0.1) is 0 Å². The van der Waals surface area contributed by atoms with E-state index in [-0.39, 0.29) is 5.91 Å². The summed E-state index contributed by atoms with van der Waals surface area (Å²) in [4.78, 5) is 30.8. The molecule has 0 N–H and O–H groups in total. The lowest BCUT2D eigenvalue weighted by atomic mass is 9.75. The average Bonchev–Trinajstić information content (AvgIpc) is 3.03. The van der Waals surface area contributed by atoms with Gasteiger partial charge >= 0.3 is 5.97 Å². The van der Waals surface area contributed by atoms with Crippen molar-refractivity contribution < 1.29 is 14.3 Å². The summed E-state index contributed by atoms with van der Waals surface area (Å²) in [6.45, 7) is 5.56. The predicted molar refractivity (Wildman–Crippen MR) is 92.2 cm³/mol. The van der Waals surface area contributed by atoms with Crippen molar-refractivity contribution in [2.45, 2.75) is 45.1 Å². The number of para-hydroxylation sites is 1. The van der Waals surface area contributed by atoms with E-state index in [1.165, 1.54) is 24.5 Å². The Kier molecular flexibility index (Phi) is 4.03. The van der Waals surface area contributed by atoms with Gasteiger partial charge in [0, 0.05) is 6.92 Å². The Morgan fingerprint density at radius 1 is 1.33 bits per heavy atom. The number of hydrogen-bond acceptors (Lipinski definition) is 4. The molecule has 1 fully saturated rings. The number of rotatable bonds is 3. The molecule has 0 spiro atoms. The van der Waals surface area contributed by atoms with E-state index >= 15 is 0 Å². The van der Waals surface area contributed by atoms with Crippen molar-refractivity contribution in [2.75, 3.05) is 7.11 Å². The molecule has 2 atom stereocenters. The molecule has 0 bridgehead atoms. The maximum atomic E-state index is 12.3. The first-order valence-electron chi connectivity index (χ1n) is 8.10. The fourth-order valence-electron chi connectivity index (χ4n) is 3.73. The maximum Gasteiger partial charge on any atom is 0.329 e. The Labute approximate surface area is 142 Å². The number of allylic oxidation sites excluding steroid dienone is 2. The number of amides is 1. The number of benzene rings is 1. The highest BCUT2D eigenvalue weighted by Crippen LogP contribution is 2.51. The van der Waals surface area contributed by atoms with Gasteiger partial charge in [0.05, 0.1) is 18.2 Å². The number of amidine groups is 1. The van der Waals surface area contributed by atoms with Crippen molar-refractivity contribution >= 4 is 23.4 Å². The summed E-state index contributed by atoms with van der Waals surface area (Å²) >= 11 is 0. The molecule has 2 aliphatic heterocycles. The maximum absolute atomic E-state index is 12.3. The van der Waals surface area contributed by atoms with Crippen LogP contribution in [-0.4, -0.2) is 35.8 Å². The summed E-state index contributed by atoms with van der Waals surface area (Å²) < 4.78 is 4.94. The number of carbonyl (C=O) groups excluding carboxylic acids is 2. The Balaban J connectivity index is 2.16. The minimum atomic E-state index is -0.620. The third-order valence-electron chi connectivity index (χ3n) is 4.83. The molecule has 5 nitrogen and oxygen atoms in total. The Morgan fingerprint density at radius 2 is 2.04 bits per heavy atom. The number of methoxy groups -OCH3 is 1. The third kappa shape index (κ3) is 2.35. The summed E-state index contributed by atoms with van der Waals surface area (Å²) in [6.07, 6.45) is 3.36. The largest absolute Gasteiger partial charge is 0.467 e. The van der Waals surface area contributed by atoms with Crippen LogP contribution in [0.15, 0.2) is 40.9 Å². The monoisotopic (exact) mass is 326 g/mol. The quantitative estimate of drug-likeness (QED) is 0.633. The molecule has 1 aromatic rings. The molecular formula is C19H22N2O3. The first-order chi connectivity index (χ1) is 11.4. The van der Waals surface area contributed by atoms with Crippen molar-refractivity contribution in [2.24, 2.45) is 4.99 Å².